The lowest BCUT2D eigenvalue weighted by molar-refractivity contribution is -0.814. The number of carbonyl (C=O) groups excluding carboxylic acids is 1. The molecular weight excluding hydrogens is 381 g/mol. The number of carbonyl (C=O) groups is 1. The molecule has 1 aliphatic heterocycles. The first kappa shape index (κ1) is 16.7. The van der Waals surface area contributed by atoms with Gasteiger partial charge in [-0.15, -0.1) is 0 Å². The summed E-state index contributed by atoms with van der Waals surface area (Å²) in [5, 5.41) is 7.16. The van der Waals surface area contributed by atoms with Crippen LogP contribution in [0, 0.1) is 6.92 Å². The number of alkyl halides is 1. The summed E-state index contributed by atoms with van der Waals surface area (Å²) >= 11 is 2.21. The molecule has 118 valence electrons. The van der Waals surface area contributed by atoms with E-state index in [1.54, 1.807) is 0 Å². The Morgan fingerprint density at radius 2 is 1.95 bits per heavy atom. The van der Waals surface area contributed by atoms with Crippen LogP contribution >= 0.6 is 22.6 Å². The van der Waals surface area contributed by atoms with Crippen molar-refractivity contribution < 1.29 is 13.8 Å². The summed E-state index contributed by atoms with van der Waals surface area (Å²) in [5.74, 6) is 0.637. The van der Waals surface area contributed by atoms with Gasteiger partial charge in [-0.3, -0.25) is 14.6 Å². The summed E-state index contributed by atoms with van der Waals surface area (Å²) in [6.45, 7) is 8.40. The fourth-order valence-electron chi connectivity index (χ4n) is 4.12. The highest BCUT2D eigenvalue weighted by molar-refractivity contribution is 14.1. The topological polar surface area (TPSA) is 55.1 Å². The maximum atomic E-state index is 12.6. The van der Waals surface area contributed by atoms with Gasteiger partial charge in [-0.05, 0) is 6.92 Å². The first-order valence-electron chi connectivity index (χ1n) is 7.40. The molecule has 21 heavy (non-hydrogen) atoms. The number of hydrogen-bond donors (Lipinski definition) is 1. The number of halogens is 1. The van der Waals surface area contributed by atoms with Gasteiger partial charge < -0.3 is 4.52 Å². The zero-order chi connectivity index (χ0) is 16.1. The highest BCUT2D eigenvalue weighted by atomic mass is 127. The molecule has 1 N–H and O–H groups in total. The summed E-state index contributed by atoms with van der Waals surface area (Å²) in [5.41, 5.74) is 1.08. The average molecular weight is 406 g/mol. The second-order valence-corrected chi connectivity index (χ2v) is 7.19. The van der Waals surface area contributed by atoms with Crippen LogP contribution in [0.1, 0.15) is 55.4 Å². The number of nitrogens with zero attached hydrogens (tertiary/aromatic N) is 2. The van der Waals surface area contributed by atoms with Gasteiger partial charge in [0.2, 0.25) is 5.66 Å². The van der Waals surface area contributed by atoms with Crippen LogP contribution in [0.3, 0.4) is 0 Å². The van der Waals surface area contributed by atoms with Gasteiger partial charge in [-0.1, -0.05) is 41.6 Å². The monoisotopic (exact) mass is 406 g/mol. The predicted molar refractivity (Wildman–Crippen MR) is 90.3 cm³/mol. The second-order valence-electron chi connectivity index (χ2n) is 6.43. The third-order valence-corrected chi connectivity index (χ3v) is 6.62. The van der Waals surface area contributed by atoms with E-state index in [9.17, 15) is 4.79 Å². The summed E-state index contributed by atoms with van der Waals surface area (Å²) in [7, 11) is 4.36. The van der Waals surface area contributed by atoms with E-state index < -0.39 is 0 Å². The largest absolute Gasteiger partial charge is 0.359 e. The minimum absolute atomic E-state index is 0.0897. The molecule has 0 aliphatic carbocycles. The fourth-order valence-corrected chi connectivity index (χ4v) is 4.83. The lowest BCUT2D eigenvalue weighted by Crippen LogP contribution is -2.44. The molecule has 1 aliphatic rings. The van der Waals surface area contributed by atoms with Crippen molar-refractivity contribution in [2.24, 2.45) is 0 Å². The third kappa shape index (κ3) is 1.98. The Hall–Kier alpha value is -0.630. The van der Waals surface area contributed by atoms with Crippen molar-refractivity contribution >= 4 is 28.5 Å². The second kappa shape index (κ2) is 5.22. The van der Waals surface area contributed by atoms with E-state index in [0.29, 0.717) is 5.69 Å². The Labute approximate surface area is 140 Å². The molecule has 1 amide bonds. The molecule has 0 aromatic carbocycles. The molecule has 1 fully saturated rings. The number of hydrogen-bond acceptors (Lipinski definition) is 3. The zero-order valence-electron chi connectivity index (χ0n) is 13.7. The van der Waals surface area contributed by atoms with Crippen molar-refractivity contribution in [2.75, 3.05) is 14.1 Å². The molecule has 1 atom stereocenters. The van der Waals surface area contributed by atoms with E-state index in [2.05, 4.69) is 67.9 Å². The Kier molecular flexibility index (Phi) is 4.16. The van der Waals surface area contributed by atoms with E-state index in [1.807, 2.05) is 6.92 Å². The first-order valence-corrected chi connectivity index (χ1v) is 8.92. The Bertz CT molecular complexity index is 563. The first-order chi connectivity index (χ1) is 9.72. The SMILES string of the molecule is CCC1(CC)C(C)(NC(=O)c2noc(CI)c2C)[N+]1(C)C. The van der Waals surface area contributed by atoms with E-state index in [4.69, 9.17) is 4.52 Å². The predicted octanol–water partition coefficient (Wildman–Crippen LogP) is 3.01. The van der Waals surface area contributed by atoms with Gasteiger partial charge in [-0.25, -0.2) is 0 Å². The summed E-state index contributed by atoms with van der Waals surface area (Å²) in [6.07, 6.45) is 2.06. The highest BCUT2D eigenvalue weighted by Gasteiger charge is 2.82. The van der Waals surface area contributed by atoms with Gasteiger partial charge in [0.05, 0.1) is 18.5 Å². The molecule has 0 saturated carbocycles. The highest BCUT2D eigenvalue weighted by Crippen LogP contribution is 2.59. The van der Waals surface area contributed by atoms with Gasteiger partial charge >= 0.3 is 0 Å². The number of rotatable bonds is 5. The lowest BCUT2D eigenvalue weighted by Gasteiger charge is -2.15. The van der Waals surface area contributed by atoms with Crippen molar-refractivity contribution in [3.8, 4) is 0 Å². The van der Waals surface area contributed by atoms with Gasteiger partial charge in [0, 0.05) is 25.3 Å². The molecule has 0 spiro atoms. The minimum Gasteiger partial charge on any atom is -0.359 e. The van der Waals surface area contributed by atoms with Crippen LogP contribution in [0.2, 0.25) is 0 Å². The smallest absolute Gasteiger partial charge is 0.278 e. The quantitative estimate of drug-likeness (QED) is 0.354. The van der Waals surface area contributed by atoms with Crippen LogP contribution < -0.4 is 5.32 Å². The molecule has 2 heterocycles. The van der Waals surface area contributed by atoms with Crippen LogP contribution in [0.25, 0.3) is 0 Å². The average Bonchev–Trinajstić information content (AvgIpc) is 2.70. The van der Waals surface area contributed by atoms with Crippen LogP contribution in [-0.4, -0.2) is 40.8 Å². The molecule has 1 aromatic heterocycles. The maximum Gasteiger partial charge on any atom is 0.278 e. The van der Waals surface area contributed by atoms with Crippen molar-refractivity contribution in [1.29, 1.82) is 0 Å². The fraction of sp³-hybridized carbons (Fsp3) is 0.733. The number of quaternary nitrogens is 1. The Balaban J connectivity index is 2.26. The summed E-state index contributed by atoms with van der Waals surface area (Å²) < 4.78 is 6.75. The molecule has 0 radical (unpaired) electrons. The lowest BCUT2D eigenvalue weighted by atomic mass is 9.94. The number of amides is 1. The molecule has 1 unspecified atom stereocenters. The summed E-state index contributed by atoms with van der Waals surface area (Å²) in [6, 6.07) is 0. The van der Waals surface area contributed by atoms with Crippen LogP contribution in [0.4, 0.5) is 0 Å². The molecule has 1 saturated heterocycles. The standard InChI is InChI=1S/C15H24IN3O2/c1-7-15(8-2)14(4,19(15,5)6)17-13(20)12-10(3)11(9-16)21-18-12/h7-9H2,1-6H3/p+1. The number of likely N-dealkylation sites (N-methyl/N-ethyl adjacent to an activating group) is 1. The minimum atomic E-state index is -0.260. The Morgan fingerprint density at radius 1 is 1.38 bits per heavy atom. The van der Waals surface area contributed by atoms with Gasteiger partial charge in [0.1, 0.15) is 5.76 Å². The molecule has 2 rings (SSSR count). The number of aromatic nitrogens is 1. The van der Waals surface area contributed by atoms with Crippen LogP contribution in [-0.2, 0) is 4.43 Å². The molecule has 6 heteroatoms. The maximum absolute atomic E-state index is 12.6. The van der Waals surface area contributed by atoms with E-state index in [0.717, 1.165) is 33.1 Å². The van der Waals surface area contributed by atoms with Gasteiger partial charge in [0.15, 0.2) is 11.2 Å². The molecule has 0 bridgehead atoms. The van der Waals surface area contributed by atoms with Crippen molar-refractivity contribution in [3.05, 3.63) is 17.0 Å². The number of nitrogens with one attached hydrogen (secondary N) is 1. The normalized spacial score (nSPS) is 25.7. The van der Waals surface area contributed by atoms with E-state index >= 15 is 0 Å². The van der Waals surface area contributed by atoms with Gasteiger partial charge in [0.25, 0.3) is 5.91 Å². The van der Waals surface area contributed by atoms with Crippen LogP contribution in [0.15, 0.2) is 4.52 Å². The zero-order valence-corrected chi connectivity index (χ0v) is 15.9. The molecular formula is C15H25IN3O2+. The van der Waals surface area contributed by atoms with Gasteiger partial charge in [-0.2, -0.15) is 0 Å². The summed E-state index contributed by atoms with van der Waals surface area (Å²) in [4.78, 5) is 12.6. The Morgan fingerprint density at radius 3 is 2.33 bits per heavy atom. The van der Waals surface area contributed by atoms with Crippen molar-refractivity contribution in [2.45, 2.75) is 56.2 Å². The van der Waals surface area contributed by atoms with E-state index in [-0.39, 0.29) is 17.1 Å². The molecule has 5 nitrogen and oxygen atoms in total. The third-order valence-electron chi connectivity index (χ3n) is 5.93. The van der Waals surface area contributed by atoms with Crippen molar-refractivity contribution in [1.82, 2.24) is 10.5 Å². The molecule has 1 aromatic rings. The van der Waals surface area contributed by atoms with E-state index in [1.165, 1.54) is 0 Å². The van der Waals surface area contributed by atoms with Crippen molar-refractivity contribution in [3.63, 3.8) is 0 Å². The van der Waals surface area contributed by atoms with Crippen LogP contribution in [0.5, 0.6) is 0 Å².